The van der Waals surface area contributed by atoms with Crippen LogP contribution in [-0.2, 0) is 4.79 Å². The van der Waals surface area contributed by atoms with E-state index in [9.17, 15) is 9.59 Å². The summed E-state index contributed by atoms with van der Waals surface area (Å²) in [6.45, 7) is 1.49. The third kappa shape index (κ3) is 5.91. The topological polar surface area (TPSA) is 127 Å². The van der Waals surface area contributed by atoms with Crippen molar-refractivity contribution in [2.24, 2.45) is 5.10 Å². The van der Waals surface area contributed by atoms with Crippen molar-refractivity contribution >= 4 is 57.2 Å². The highest BCUT2D eigenvalue weighted by atomic mass is 79.9. The second-order valence-corrected chi connectivity index (χ2v) is 7.93. The zero-order valence-corrected chi connectivity index (χ0v) is 18.3. The lowest BCUT2D eigenvalue weighted by atomic mass is 10.1. The minimum atomic E-state index is -0.235. The first kappa shape index (κ1) is 21.5. The van der Waals surface area contributed by atoms with E-state index in [-0.39, 0.29) is 23.4 Å². The first-order valence-corrected chi connectivity index (χ1v) is 10.5. The molecule has 1 heterocycles. The maximum absolute atomic E-state index is 12.1. The number of anilines is 2. The summed E-state index contributed by atoms with van der Waals surface area (Å²) in [5.41, 5.74) is 4.80. The van der Waals surface area contributed by atoms with Crippen LogP contribution in [0.5, 0.6) is 0 Å². The number of nitrogen functional groups attached to an aromatic ring is 1. The Bertz CT molecular complexity index is 1080. The molecule has 0 atom stereocenters. The van der Waals surface area contributed by atoms with Gasteiger partial charge < -0.3 is 11.2 Å². The summed E-state index contributed by atoms with van der Waals surface area (Å²) in [5, 5.41) is 15.1. The number of hydrazone groups is 1. The Labute approximate surface area is 185 Å². The van der Waals surface area contributed by atoms with Crippen molar-refractivity contribution < 1.29 is 9.59 Å². The molecule has 0 aliphatic rings. The zero-order chi connectivity index (χ0) is 21.5. The molecule has 154 valence electrons. The van der Waals surface area contributed by atoms with Crippen LogP contribution in [0.2, 0.25) is 0 Å². The Kier molecular flexibility index (Phi) is 7.20. The van der Waals surface area contributed by atoms with Crippen LogP contribution in [0.1, 0.15) is 22.8 Å². The molecule has 30 heavy (non-hydrogen) atoms. The fraction of sp³-hybridized carbons (Fsp3) is 0.105. The summed E-state index contributed by atoms with van der Waals surface area (Å²) < 4.78 is 2.16. The van der Waals surface area contributed by atoms with Crippen molar-refractivity contribution in [3.05, 3.63) is 64.1 Å². The van der Waals surface area contributed by atoms with E-state index < -0.39 is 0 Å². The number of amides is 1. The van der Waals surface area contributed by atoms with Crippen LogP contribution in [-0.4, -0.2) is 38.5 Å². The molecule has 0 fully saturated rings. The Balaban J connectivity index is 1.51. The van der Waals surface area contributed by atoms with Crippen LogP contribution in [0.25, 0.3) is 0 Å². The number of benzene rings is 2. The van der Waals surface area contributed by atoms with E-state index >= 15 is 0 Å². The van der Waals surface area contributed by atoms with Crippen molar-refractivity contribution in [3.63, 3.8) is 0 Å². The fourth-order valence-corrected chi connectivity index (χ4v) is 3.39. The van der Waals surface area contributed by atoms with E-state index in [0.29, 0.717) is 16.4 Å². The highest BCUT2D eigenvalue weighted by Gasteiger charge is 2.12. The van der Waals surface area contributed by atoms with Gasteiger partial charge in [0, 0.05) is 15.7 Å². The Morgan fingerprint density at radius 2 is 2.00 bits per heavy atom. The van der Waals surface area contributed by atoms with Crippen molar-refractivity contribution in [1.82, 2.24) is 14.9 Å². The van der Waals surface area contributed by atoms with Crippen LogP contribution in [0.15, 0.2) is 63.3 Å². The van der Waals surface area contributed by atoms with Crippen molar-refractivity contribution in [1.29, 1.82) is 0 Å². The van der Waals surface area contributed by atoms with Crippen molar-refractivity contribution in [2.45, 2.75) is 12.1 Å². The van der Waals surface area contributed by atoms with E-state index in [1.807, 2.05) is 24.3 Å². The number of halogens is 1. The van der Waals surface area contributed by atoms with E-state index in [4.69, 9.17) is 5.84 Å². The number of nitrogens with two attached hydrogens (primary N) is 1. The van der Waals surface area contributed by atoms with Crippen LogP contribution in [0, 0.1) is 0 Å². The number of thioether (sulfide) groups is 1. The second-order valence-electron chi connectivity index (χ2n) is 6.07. The number of carbonyl (C=O) groups is 2. The first-order chi connectivity index (χ1) is 14.4. The maximum Gasteiger partial charge on any atom is 0.264 e. The van der Waals surface area contributed by atoms with Gasteiger partial charge in [0.25, 0.3) is 5.95 Å². The average Bonchev–Trinajstić information content (AvgIpc) is 3.06. The van der Waals surface area contributed by atoms with E-state index in [0.717, 1.165) is 21.8 Å². The lowest BCUT2D eigenvalue weighted by molar-refractivity contribution is -0.113. The number of carbonyl (C=O) groups excluding carboxylic acids is 2. The molecule has 1 amide bonds. The van der Waals surface area contributed by atoms with Crippen LogP contribution in [0.4, 0.5) is 11.6 Å². The number of Topliss-reactive ketones (excluding diaryl/α,β-unsaturated/α-hetero) is 1. The van der Waals surface area contributed by atoms with Crippen LogP contribution < -0.4 is 16.6 Å². The minimum Gasteiger partial charge on any atom is -0.334 e. The zero-order valence-electron chi connectivity index (χ0n) is 15.9. The Morgan fingerprint density at radius 1 is 1.23 bits per heavy atom. The normalized spacial score (nSPS) is 10.9. The summed E-state index contributed by atoms with van der Waals surface area (Å²) in [5.74, 6) is 6.02. The summed E-state index contributed by atoms with van der Waals surface area (Å²) in [6.07, 6.45) is 1.62. The minimum absolute atomic E-state index is 0.0314. The van der Waals surface area contributed by atoms with E-state index in [2.05, 4.69) is 42.0 Å². The van der Waals surface area contributed by atoms with Gasteiger partial charge in [-0.05, 0) is 48.9 Å². The molecule has 4 N–H and O–H groups in total. The first-order valence-electron chi connectivity index (χ1n) is 8.71. The van der Waals surface area contributed by atoms with E-state index in [1.54, 1.807) is 30.5 Å². The molecule has 0 unspecified atom stereocenters. The molecule has 3 aromatic rings. The predicted octanol–water partition coefficient (Wildman–Crippen LogP) is 3.13. The van der Waals surface area contributed by atoms with Gasteiger partial charge in [0.1, 0.15) is 0 Å². The molecule has 0 saturated carbocycles. The molecule has 3 rings (SSSR count). The van der Waals surface area contributed by atoms with Crippen molar-refractivity contribution in [3.8, 4) is 0 Å². The summed E-state index contributed by atoms with van der Waals surface area (Å²) in [7, 11) is 0. The van der Waals surface area contributed by atoms with E-state index in [1.165, 1.54) is 11.6 Å². The van der Waals surface area contributed by atoms with Gasteiger partial charge in [0.15, 0.2) is 5.78 Å². The molecular formula is C19H18BrN7O2S. The third-order valence-corrected chi connectivity index (χ3v) is 5.24. The monoisotopic (exact) mass is 487 g/mol. The molecular weight excluding hydrogens is 470 g/mol. The van der Waals surface area contributed by atoms with Gasteiger partial charge >= 0.3 is 0 Å². The third-order valence-electron chi connectivity index (χ3n) is 3.80. The largest absolute Gasteiger partial charge is 0.334 e. The Morgan fingerprint density at radius 3 is 2.70 bits per heavy atom. The molecule has 0 bridgehead atoms. The molecule has 1 aromatic heterocycles. The number of rotatable bonds is 8. The molecule has 0 saturated heterocycles. The molecule has 0 aliphatic heterocycles. The number of aromatic nitrogens is 3. The number of ketones is 1. The van der Waals surface area contributed by atoms with Gasteiger partial charge in [-0.2, -0.15) is 5.10 Å². The molecule has 9 nitrogen and oxygen atoms in total. The Hall–Kier alpha value is -3.18. The summed E-state index contributed by atoms with van der Waals surface area (Å²) >= 11 is 4.53. The van der Waals surface area contributed by atoms with Gasteiger partial charge in [-0.3, -0.25) is 9.59 Å². The number of nitrogens with zero attached hydrogens (tertiary/aromatic N) is 4. The van der Waals surface area contributed by atoms with Crippen LogP contribution in [0.3, 0.4) is 0 Å². The van der Waals surface area contributed by atoms with Crippen molar-refractivity contribution in [2.75, 3.05) is 22.3 Å². The van der Waals surface area contributed by atoms with Gasteiger partial charge in [0.05, 0.1) is 12.0 Å². The quantitative estimate of drug-likeness (QED) is 0.146. The van der Waals surface area contributed by atoms with Gasteiger partial charge in [-0.25, -0.2) is 10.1 Å². The molecule has 11 heteroatoms. The van der Waals surface area contributed by atoms with Gasteiger partial charge in [0.2, 0.25) is 11.1 Å². The molecule has 0 aliphatic carbocycles. The SMILES string of the molecule is CC(=O)c1ccc(NC(=O)CSc2nnc(N/N=C/c3cccc(Br)c3)n2N)cc1. The number of hydrogen-bond donors (Lipinski definition) is 3. The number of nitrogens with one attached hydrogen (secondary N) is 2. The van der Waals surface area contributed by atoms with Gasteiger partial charge in [-0.15, -0.1) is 10.2 Å². The smallest absolute Gasteiger partial charge is 0.264 e. The molecule has 0 spiro atoms. The second kappa shape index (κ2) is 10.0. The van der Waals surface area contributed by atoms with Crippen LogP contribution >= 0.6 is 27.7 Å². The molecule has 0 radical (unpaired) electrons. The standard InChI is InChI=1S/C19H18BrN7O2S/c1-12(28)14-5-7-16(8-6-14)23-17(29)11-30-19-26-25-18(27(19)21)24-22-10-13-3-2-4-15(20)9-13/h2-10H,11,21H2,1H3,(H,23,29)(H,24,25)/b22-10+. The summed E-state index contributed by atoms with van der Waals surface area (Å²) in [4.78, 5) is 23.4. The fourth-order valence-electron chi connectivity index (χ4n) is 2.32. The molecule has 2 aromatic carbocycles. The summed E-state index contributed by atoms with van der Waals surface area (Å²) in [6, 6.07) is 14.3. The predicted molar refractivity (Wildman–Crippen MR) is 121 cm³/mol. The maximum atomic E-state index is 12.1. The lowest BCUT2D eigenvalue weighted by Gasteiger charge is -2.06. The average molecular weight is 488 g/mol. The number of hydrogen-bond acceptors (Lipinski definition) is 8. The highest BCUT2D eigenvalue weighted by molar-refractivity contribution is 9.10. The lowest BCUT2D eigenvalue weighted by Crippen LogP contribution is -2.17. The van der Waals surface area contributed by atoms with Gasteiger partial charge in [-0.1, -0.05) is 39.8 Å². The highest BCUT2D eigenvalue weighted by Crippen LogP contribution is 2.18.